The van der Waals surface area contributed by atoms with Crippen LogP contribution in [-0.4, -0.2) is 41.2 Å². The predicted octanol–water partition coefficient (Wildman–Crippen LogP) is 2.55. The van der Waals surface area contributed by atoms with E-state index in [1.165, 1.54) is 6.92 Å². The summed E-state index contributed by atoms with van der Waals surface area (Å²) in [6.07, 6.45) is 2.88. The van der Waals surface area contributed by atoms with Crippen LogP contribution in [0.1, 0.15) is 31.7 Å². The molecule has 0 aromatic heterocycles. The summed E-state index contributed by atoms with van der Waals surface area (Å²) in [7, 11) is 0. The van der Waals surface area contributed by atoms with Gasteiger partial charge in [-0.2, -0.15) is 0 Å². The van der Waals surface area contributed by atoms with E-state index >= 15 is 0 Å². The van der Waals surface area contributed by atoms with Crippen LogP contribution >= 0.6 is 11.6 Å². The highest BCUT2D eigenvalue weighted by molar-refractivity contribution is 6.31. The van der Waals surface area contributed by atoms with Crippen LogP contribution in [0.3, 0.4) is 0 Å². The Hall–Kier alpha value is -2.41. The molecule has 1 N–H and O–H groups in total. The lowest BCUT2D eigenvalue weighted by Gasteiger charge is -2.23. The number of anilines is 1. The van der Waals surface area contributed by atoms with Crippen LogP contribution in [0.15, 0.2) is 18.2 Å². The summed E-state index contributed by atoms with van der Waals surface area (Å²) < 4.78 is 5.06. The van der Waals surface area contributed by atoms with Crippen molar-refractivity contribution in [1.29, 1.82) is 0 Å². The first-order valence-corrected chi connectivity index (χ1v) is 10.2. The predicted molar refractivity (Wildman–Crippen MR) is 105 cm³/mol. The van der Waals surface area contributed by atoms with E-state index in [1.54, 1.807) is 18.2 Å². The molecule has 1 aromatic carbocycles. The molecule has 8 heteroatoms. The van der Waals surface area contributed by atoms with Crippen LogP contribution < -0.4 is 5.32 Å². The van der Waals surface area contributed by atoms with E-state index in [2.05, 4.69) is 5.32 Å². The van der Waals surface area contributed by atoms with Crippen LogP contribution in [0.5, 0.6) is 0 Å². The molecule has 3 amide bonds. The van der Waals surface area contributed by atoms with Gasteiger partial charge in [0.1, 0.15) is 6.04 Å². The number of hydrogen-bond acceptors (Lipinski definition) is 5. The Morgan fingerprint density at radius 1 is 1.21 bits per heavy atom. The molecule has 1 aliphatic heterocycles. The van der Waals surface area contributed by atoms with Gasteiger partial charge in [-0.25, -0.2) is 4.79 Å². The van der Waals surface area contributed by atoms with Gasteiger partial charge in [-0.1, -0.05) is 17.7 Å². The third-order valence-electron chi connectivity index (χ3n) is 6.49. The molecule has 2 saturated carbocycles. The lowest BCUT2D eigenvalue weighted by atomic mass is 9.81. The minimum absolute atomic E-state index is 0.252. The van der Waals surface area contributed by atoms with Crippen LogP contribution in [0.2, 0.25) is 5.02 Å². The zero-order chi connectivity index (χ0) is 20.9. The number of rotatable bonds is 5. The van der Waals surface area contributed by atoms with Gasteiger partial charge in [0.15, 0.2) is 6.61 Å². The summed E-state index contributed by atoms with van der Waals surface area (Å²) in [6.45, 7) is 2.80. The number of benzene rings is 1. The number of nitrogens with one attached hydrogen (secondary N) is 1. The smallest absolute Gasteiger partial charge is 0.329 e. The summed E-state index contributed by atoms with van der Waals surface area (Å²) >= 11 is 6.03. The quantitative estimate of drug-likeness (QED) is 0.586. The molecule has 29 heavy (non-hydrogen) atoms. The molecule has 3 aliphatic rings. The maximum atomic E-state index is 12.8. The second kappa shape index (κ2) is 7.44. The molecule has 1 aromatic rings. The lowest BCUT2D eigenvalue weighted by molar-refractivity contribution is -0.159. The number of halogens is 1. The van der Waals surface area contributed by atoms with Gasteiger partial charge in [-0.3, -0.25) is 19.3 Å². The van der Waals surface area contributed by atoms with E-state index in [-0.39, 0.29) is 35.5 Å². The summed E-state index contributed by atoms with van der Waals surface area (Å²) in [5, 5.41) is 3.11. The lowest BCUT2D eigenvalue weighted by Crippen LogP contribution is -2.45. The SMILES string of the molecule is Cc1ccc(NC(=O)COC(=O)[C@H](C)N2C(=O)[C@@H]3[C@@H]4CC[C@@H](C4)[C@@H]3C2=O)cc1Cl. The molecule has 3 fully saturated rings. The maximum absolute atomic E-state index is 12.8. The van der Waals surface area contributed by atoms with Crippen molar-refractivity contribution in [2.45, 2.75) is 39.2 Å². The highest BCUT2D eigenvalue weighted by Crippen LogP contribution is 2.56. The molecule has 0 unspecified atom stereocenters. The standard InChI is InChI=1S/C21H23ClN2O5/c1-10-3-6-14(8-15(10)22)23-16(25)9-29-21(28)11(2)24-19(26)17-12-4-5-13(7-12)18(17)20(24)27/h3,6,8,11-13,17-18H,4-5,7,9H2,1-2H3,(H,23,25)/t11-,12-,13+,17-,18+/m0/s1. The molecule has 0 radical (unpaired) electrons. The van der Waals surface area contributed by atoms with Gasteiger partial charge in [0.25, 0.3) is 5.91 Å². The number of nitrogens with zero attached hydrogens (tertiary/aromatic N) is 1. The molecule has 1 saturated heterocycles. The number of ether oxygens (including phenoxy) is 1. The van der Waals surface area contributed by atoms with Gasteiger partial charge < -0.3 is 10.1 Å². The Labute approximate surface area is 173 Å². The van der Waals surface area contributed by atoms with E-state index in [0.29, 0.717) is 10.7 Å². The Kier molecular flexibility index (Phi) is 5.11. The Morgan fingerprint density at radius 3 is 2.41 bits per heavy atom. The van der Waals surface area contributed by atoms with E-state index in [0.717, 1.165) is 29.7 Å². The third-order valence-corrected chi connectivity index (χ3v) is 6.90. The van der Waals surface area contributed by atoms with E-state index in [9.17, 15) is 19.2 Å². The number of carbonyl (C=O) groups excluding carboxylic acids is 4. The number of fused-ring (bicyclic) bond motifs is 5. The molecule has 5 atom stereocenters. The first-order valence-electron chi connectivity index (χ1n) is 9.87. The second-order valence-corrected chi connectivity index (χ2v) is 8.63. The topological polar surface area (TPSA) is 92.8 Å². The van der Waals surface area contributed by atoms with Crippen molar-refractivity contribution in [3.63, 3.8) is 0 Å². The summed E-state index contributed by atoms with van der Waals surface area (Å²) in [6, 6.07) is 4.02. The average Bonchev–Trinajstić information content (AvgIpc) is 3.36. The van der Waals surface area contributed by atoms with Crippen molar-refractivity contribution in [2.75, 3.05) is 11.9 Å². The Morgan fingerprint density at radius 2 is 1.83 bits per heavy atom. The van der Waals surface area contributed by atoms with Gasteiger partial charge in [0.05, 0.1) is 11.8 Å². The number of imide groups is 1. The molecule has 154 valence electrons. The molecule has 7 nitrogen and oxygen atoms in total. The van der Waals surface area contributed by atoms with Crippen molar-refractivity contribution >= 4 is 41.0 Å². The van der Waals surface area contributed by atoms with Crippen molar-refractivity contribution in [3.05, 3.63) is 28.8 Å². The molecule has 4 rings (SSSR count). The van der Waals surface area contributed by atoms with Crippen molar-refractivity contribution in [3.8, 4) is 0 Å². The van der Waals surface area contributed by atoms with Crippen LogP contribution in [0.25, 0.3) is 0 Å². The monoisotopic (exact) mass is 418 g/mol. The van der Waals surface area contributed by atoms with Gasteiger partial charge in [-0.05, 0) is 62.6 Å². The molecule has 2 bridgehead atoms. The molecule has 1 heterocycles. The number of hydrogen-bond donors (Lipinski definition) is 1. The largest absolute Gasteiger partial charge is 0.454 e. The van der Waals surface area contributed by atoms with E-state index in [1.807, 2.05) is 6.92 Å². The number of amides is 3. The summed E-state index contributed by atoms with van der Waals surface area (Å²) in [5.41, 5.74) is 1.37. The minimum atomic E-state index is -1.04. The highest BCUT2D eigenvalue weighted by atomic mass is 35.5. The van der Waals surface area contributed by atoms with Gasteiger partial charge in [0.2, 0.25) is 11.8 Å². The van der Waals surface area contributed by atoms with Gasteiger partial charge in [0, 0.05) is 10.7 Å². The average molecular weight is 419 g/mol. The Balaban J connectivity index is 1.34. The third kappa shape index (κ3) is 3.41. The van der Waals surface area contributed by atoms with Gasteiger partial charge >= 0.3 is 5.97 Å². The minimum Gasteiger partial charge on any atom is -0.454 e. The zero-order valence-electron chi connectivity index (χ0n) is 16.3. The van der Waals surface area contributed by atoms with E-state index < -0.39 is 24.5 Å². The Bertz CT molecular complexity index is 873. The summed E-state index contributed by atoms with van der Waals surface area (Å²) in [5.74, 6) is -1.90. The van der Waals surface area contributed by atoms with Crippen molar-refractivity contribution in [2.24, 2.45) is 23.7 Å². The molecular formula is C21H23ClN2O5. The highest BCUT2D eigenvalue weighted by Gasteiger charge is 2.62. The zero-order valence-corrected chi connectivity index (χ0v) is 17.1. The maximum Gasteiger partial charge on any atom is 0.329 e. The molecule has 2 aliphatic carbocycles. The molecule has 0 spiro atoms. The summed E-state index contributed by atoms with van der Waals surface area (Å²) in [4.78, 5) is 51.1. The molecular weight excluding hydrogens is 396 g/mol. The van der Waals surface area contributed by atoms with Crippen molar-refractivity contribution < 1.29 is 23.9 Å². The number of carbonyl (C=O) groups is 4. The number of esters is 1. The fraction of sp³-hybridized carbons (Fsp3) is 0.524. The van der Waals surface area contributed by atoms with Crippen LogP contribution in [0, 0.1) is 30.6 Å². The normalized spacial score (nSPS) is 28.4. The van der Waals surface area contributed by atoms with Crippen molar-refractivity contribution in [1.82, 2.24) is 4.90 Å². The van der Waals surface area contributed by atoms with Crippen LogP contribution in [-0.2, 0) is 23.9 Å². The van der Waals surface area contributed by atoms with Gasteiger partial charge in [-0.15, -0.1) is 0 Å². The fourth-order valence-corrected chi connectivity index (χ4v) is 5.22. The number of likely N-dealkylation sites (tertiary alicyclic amines) is 1. The second-order valence-electron chi connectivity index (χ2n) is 8.23. The first-order chi connectivity index (χ1) is 13.8. The van der Waals surface area contributed by atoms with E-state index in [4.69, 9.17) is 16.3 Å². The van der Waals surface area contributed by atoms with Crippen LogP contribution in [0.4, 0.5) is 5.69 Å². The number of aryl methyl sites for hydroxylation is 1. The first kappa shape index (κ1) is 19.9. The fourth-order valence-electron chi connectivity index (χ4n) is 5.04.